The highest BCUT2D eigenvalue weighted by atomic mass is 35.5. The monoisotopic (exact) mass is 333 g/mol. The molecule has 2 heterocycles. The lowest BCUT2D eigenvalue weighted by Crippen LogP contribution is -2.20. The molecule has 0 aromatic carbocycles. The summed E-state index contributed by atoms with van der Waals surface area (Å²) in [4.78, 5) is 21.1. The number of esters is 1. The molecule has 0 amide bonds. The van der Waals surface area contributed by atoms with Gasteiger partial charge < -0.3 is 9.30 Å². The van der Waals surface area contributed by atoms with Crippen molar-refractivity contribution < 1.29 is 9.53 Å². The molecule has 0 aliphatic heterocycles. The molecule has 0 atom stereocenters. The molecule has 4 rings (SSSR count). The summed E-state index contributed by atoms with van der Waals surface area (Å²) in [6, 6.07) is 2.14. The smallest absolute Gasteiger partial charge is 0.355 e. The maximum Gasteiger partial charge on any atom is 0.355 e. The quantitative estimate of drug-likeness (QED) is 0.620. The van der Waals surface area contributed by atoms with E-state index in [1.807, 2.05) is 10.6 Å². The van der Waals surface area contributed by atoms with E-state index in [0.29, 0.717) is 11.7 Å². The number of carbonyl (C=O) groups excluding carboxylic acids is 1. The van der Waals surface area contributed by atoms with Gasteiger partial charge in [0.25, 0.3) is 0 Å². The minimum Gasteiger partial charge on any atom is -0.458 e. The minimum atomic E-state index is -0.238. The number of carbonyl (C=O) groups is 1. The number of aromatic nitrogens is 3. The van der Waals surface area contributed by atoms with E-state index in [1.165, 1.54) is 12.8 Å². The number of hydrogen-bond acceptors (Lipinski definition) is 4. The third-order valence-electron chi connectivity index (χ3n) is 5.02. The van der Waals surface area contributed by atoms with Gasteiger partial charge in [0.1, 0.15) is 17.4 Å². The number of rotatable bonds is 3. The van der Waals surface area contributed by atoms with E-state index in [1.54, 1.807) is 6.20 Å². The molecule has 2 aliphatic carbocycles. The Labute approximate surface area is 140 Å². The zero-order chi connectivity index (χ0) is 15.8. The highest BCUT2D eigenvalue weighted by molar-refractivity contribution is 6.28. The van der Waals surface area contributed by atoms with Crippen molar-refractivity contribution in [1.82, 2.24) is 14.5 Å². The molecular weight excluding hydrogens is 314 g/mol. The molecule has 6 heteroatoms. The fraction of sp³-hybridized carbons (Fsp3) is 0.588. The summed E-state index contributed by atoms with van der Waals surface area (Å²) in [6.45, 7) is 0. The van der Waals surface area contributed by atoms with Crippen molar-refractivity contribution >= 4 is 28.6 Å². The topological polar surface area (TPSA) is 57.0 Å². The predicted molar refractivity (Wildman–Crippen MR) is 87.7 cm³/mol. The molecule has 2 aromatic heterocycles. The van der Waals surface area contributed by atoms with Gasteiger partial charge in [-0.1, -0.05) is 12.8 Å². The van der Waals surface area contributed by atoms with Crippen molar-refractivity contribution in [3.05, 3.63) is 23.2 Å². The second kappa shape index (κ2) is 6.11. The highest BCUT2D eigenvalue weighted by Gasteiger charge is 2.28. The van der Waals surface area contributed by atoms with Crippen LogP contribution >= 0.6 is 11.6 Å². The summed E-state index contributed by atoms with van der Waals surface area (Å²) in [5, 5.41) is 1.06. The minimum absolute atomic E-state index is 0.0622. The van der Waals surface area contributed by atoms with Gasteiger partial charge in [0.05, 0.1) is 0 Å². The van der Waals surface area contributed by atoms with E-state index >= 15 is 0 Å². The molecule has 5 nitrogen and oxygen atoms in total. The van der Waals surface area contributed by atoms with Crippen LogP contribution in [0.2, 0.25) is 5.28 Å². The van der Waals surface area contributed by atoms with Crippen LogP contribution in [-0.2, 0) is 4.74 Å². The Bertz CT molecular complexity index is 731. The molecule has 2 aliphatic rings. The van der Waals surface area contributed by atoms with E-state index in [0.717, 1.165) is 49.6 Å². The molecule has 0 spiro atoms. The predicted octanol–water partition coefficient (Wildman–Crippen LogP) is 4.30. The Hall–Kier alpha value is -1.62. The third kappa shape index (κ3) is 2.82. The van der Waals surface area contributed by atoms with Crippen LogP contribution in [-0.4, -0.2) is 26.6 Å². The van der Waals surface area contributed by atoms with Gasteiger partial charge in [0.2, 0.25) is 5.28 Å². The molecule has 0 radical (unpaired) electrons. The van der Waals surface area contributed by atoms with Crippen molar-refractivity contribution in [2.75, 3.05) is 0 Å². The van der Waals surface area contributed by atoms with Gasteiger partial charge in [0.15, 0.2) is 0 Å². The van der Waals surface area contributed by atoms with Crippen LogP contribution in [0.25, 0.3) is 11.0 Å². The van der Waals surface area contributed by atoms with E-state index in [-0.39, 0.29) is 17.4 Å². The van der Waals surface area contributed by atoms with Crippen molar-refractivity contribution in [1.29, 1.82) is 0 Å². The normalized spacial score (nSPS) is 19.7. The first-order valence-corrected chi connectivity index (χ1v) is 8.84. The molecule has 0 N–H and O–H groups in total. The van der Waals surface area contributed by atoms with Gasteiger partial charge in [-0.3, -0.25) is 0 Å². The van der Waals surface area contributed by atoms with E-state index < -0.39 is 0 Å². The van der Waals surface area contributed by atoms with Crippen LogP contribution in [0, 0.1) is 0 Å². The Balaban J connectivity index is 1.74. The lowest BCUT2D eigenvalue weighted by atomic mass is 10.2. The summed E-state index contributed by atoms with van der Waals surface area (Å²) >= 11 is 5.97. The molecule has 0 bridgehead atoms. The largest absolute Gasteiger partial charge is 0.458 e. The third-order valence-corrected chi connectivity index (χ3v) is 5.20. The second-order valence-electron chi connectivity index (χ2n) is 6.57. The fourth-order valence-corrected chi connectivity index (χ4v) is 4.02. The average molecular weight is 334 g/mol. The maximum atomic E-state index is 12.7. The van der Waals surface area contributed by atoms with E-state index in [4.69, 9.17) is 16.3 Å². The summed E-state index contributed by atoms with van der Waals surface area (Å²) in [5.74, 6) is -0.238. The van der Waals surface area contributed by atoms with Crippen molar-refractivity contribution in [3.8, 4) is 0 Å². The van der Waals surface area contributed by atoms with Gasteiger partial charge in [0, 0.05) is 17.6 Å². The van der Waals surface area contributed by atoms with E-state index in [2.05, 4.69) is 9.97 Å². The number of fused-ring (bicyclic) bond motifs is 1. The highest BCUT2D eigenvalue weighted by Crippen LogP contribution is 2.35. The van der Waals surface area contributed by atoms with Gasteiger partial charge >= 0.3 is 5.97 Å². The Kier molecular flexibility index (Phi) is 3.97. The van der Waals surface area contributed by atoms with Gasteiger partial charge in [-0.25, -0.2) is 9.78 Å². The van der Waals surface area contributed by atoms with Gasteiger partial charge in [-0.15, -0.1) is 0 Å². The molecule has 0 saturated heterocycles. The van der Waals surface area contributed by atoms with Crippen LogP contribution in [0.4, 0.5) is 0 Å². The molecule has 2 saturated carbocycles. The lowest BCUT2D eigenvalue weighted by molar-refractivity contribution is 0.0303. The molecule has 23 heavy (non-hydrogen) atoms. The summed E-state index contributed by atoms with van der Waals surface area (Å²) in [5.41, 5.74) is 1.34. The SMILES string of the molecule is O=C(OC1CCCC1)c1cc2cnc(Cl)nc2n1C1CCCC1. The Morgan fingerprint density at radius 1 is 1.17 bits per heavy atom. The standard InChI is InChI=1S/C17H20ClN3O2/c18-17-19-10-11-9-14(16(22)23-13-7-3-4-8-13)21(15(11)20-17)12-5-1-2-6-12/h9-10,12-13H,1-8H2. The summed E-state index contributed by atoms with van der Waals surface area (Å²) in [6.07, 6.45) is 10.5. The van der Waals surface area contributed by atoms with Crippen molar-refractivity contribution in [3.63, 3.8) is 0 Å². The van der Waals surface area contributed by atoms with Gasteiger partial charge in [-0.2, -0.15) is 4.98 Å². The van der Waals surface area contributed by atoms with Crippen LogP contribution in [0.15, 0.2) is 12.3 Å². The lowest BCUT2D eigenvalue weighted by Gasteiger charge is -2.18. The van der Waals surface area contributed by atoms with Crippen LogP contribution < -0.4 is 0 Å². The van der Waals surface area contributed by atoms with Crippen molar-refractivity contribution in [2.45, 2.75) is 63.5 Å². The van der Waals surface area contributed by atoms with E-state index in [9.17, 15) is 4.79 Å². The summed E-state index contributed by atoms with van der Waals surface area (Å²) in [7, 11) is 0. The number of nitrogens with zero attached hydrogens (tertiary/aromatic N) is 3. The fourth-order valence-electron chi connectivity index (χ4n) is 3.89. The molecule has 122 valence electrons. The summed E-state index contributed by atoms with van der Waals surface area (Å²) < 4.78 is 7.75. The van der Waals surface area contributed by atoms with Gasteiger partial charge in [-0.05, 0) is 56.2 Å². The number of hydrogen-bond donors (Lipinski definition) is 0. The number of halogens is 1. The zero-order valence-corrected chi connectivity index (χ0v) is 13.8. The van der Waals surface area contributed by atoms with Crippen molar-refractivity contribution in [2.24, 2.45) is 0 Å². The molecule has 2 fully saturated rings. The van der Waals surface area contributed by atoms with Crippen LogP contribution in [0.3, 0.4) is 0 Å². The second-order valence-corrected chi connectivity index (χ2v) is 6.91. The Morgan fingerprint density at radius 3 is 2.61 bits per heavy atom. The first-order valence-electron chi connectivity index (χ1n) is 8.47. The first kappa shape index (κ1) is 14.9. The Morgan fingerprint density at radius 2 is 1.87 bits per heavy atom. The first-order chi connectivity index (χ1) is 11.2. The van der Waals surface area contributed by atoms with Crippen LogP contribution in [0.1, 0.15) is 67.9 Å². The number of ether oxygens (including phenoxy) is 1. The molecular formula is C17H20ClN3O2. The average Bonchev–Trinajstić information content (AvgIpc) is 3.26. The zero-order valence-electron chi connectivity index (χ0n) is 13.0. The maximum absolute atomic E-state index is 12.7. The molecule has 2 aromatic rings. The molecule has 0 unspecified atom stereocenters. The van der Waals surface area contributed by atoms with Crippen LogP contribution in [0.5, 0.6) is 0 Å².